The molecule has 1 aliphatic carbocycles. The van der Waals surface area contributed by atoms with Crippen molar-refractivity contribution in [2.75, 3.05) is 5.75 Å². The van der Waals surface area contributed by atoms with E-state index in [9.17, 15) is 27.0 Å². The third-order valence-electron chi connectivity index (χ3n) is 6.26. The molecule has 7 heteroatoms. The summed E-state index contributed by atoms with van der Waals surface area (Å²) in [5.74, 6) is -1.21. The Morgan fingerprint density at radius 3 is 1.94 bits per heavy atom. The van der Waals surface area contributed by atoms with Gasteiger partial charge in [-0.3, -0.25) is 13.8 Å². The SMILES string of the molecule is Cc1cc(C)c(C2C(=O)CC(C(C)CS(=O)c3ccc(C(F)(F)F)cc3)CC2=O)c(C)c1. The first-order chi connectivity index (χ1) is 14.9. The Morgan fingerprint density at radius 1 is 0.969 bits per heavy atom. The molecule has 0 aliphatic heterocycles. The number of hydrogen-bond donors (Lipinski definition) is 0. The monoisotopic (exact) mass is 464 g/mol. The van der Waals surface area contributed by atoms with E-state index in [4.69, 9.17) is 0 Å². The van der Waals surface area contributed by atoms with Gasteiger partial charge in [-0.15, -0.1) is 0 Å². The van der Waals surface area contributed by atoms with Crippen LogP contribution in [0.3, 0.4) is 0 Å². The summed E-state index contributed by atoms with van der Waals surface area (Å²) in [5, 5.41) is 0. The van der Waals surface area contributed by atoms with Crippen LogP contribution in [-0.2, 0) is 26.6 Å². The van der Waals surface area contributed by atoms with Crippen LogP contribution in [0.4, 0.5) is 13.2 Å². The number of hydrogen-bond acceptors (Lipinski definition) is 3. The molecule has 0 spiro atoms. The molecule has 0 heterocycles. The summed E-state index contributed by atoms with van der Waals surface area (Å²) in [4.78, 5) is 26.3. The molecular weight excluding hydrogens is 437 g/mol. The molecule has 2 aromatic rings. The van der Waals surface area contributed by atoms with Crippen LogP contribution in [0.1, 0.15) is 53.5 Å². The van der Waals surface area contributed by atoms with Crippen LogP contribution >= 0.6 is 0 Å². The van der Waals surface area contributed by atoms with Crippen LogP contribution in [0.15, 0.2) is 41.3 Å². The fourth-order valence-corrected chi connectivity index (χ4v) is 6.02. The molecular formula is C25H27F3O3S. The molecule has 32 heavy (non-hydrogen) atoms. The number of rotatable bonds is 5. The molecule has 0 amide bonds. The molecule has 2 aromatic carbocycles. The Bertz CT molecular complexity index is 1020. The minimum Gasteiger partial charge on any atom is -0.299 e. The van der Waals surface area contributed by atoms with Crippen LogP contribution < -0.4 is 0 Å². The molecule has 2 atom stereocenters. The Hall–Kier alpha value is -2.28. The maximum absolute atomic E-state index is 13.0. The highest BCUT2D eigenvalue weighted by Gasteiger charge is 2.40. The van der Waals surface area contributed by atoms with Gasteiger partial charge in [-0.05, 0) is 73.6 Å². The van der Waals surface area contributed by atoms with Gasteiger partial charge in [0.2, 0.25) is 0 Å². The van der Waals surface area contributed by atoms with Crippen molar-refractivity contribution in [3.05, 3.63) is 64.2 Å². The molecule has 1 aliphatic rings. The standard InChI is InChI=1S/C25H27F3O3S/c1-14-9-15(2)23(16(3)10-14)24-21(29)11-18(12-22(24)30)17(4)13-32(31)20-7-5-19(6-8-20)25(26,27)28/h5-10,17-18,24H,11-13H2,1-4H3. The number of benzene rings is 2. The van der Waals surface area contributed by atoms with Gasteiger partial charge in [-0.25, -0.2) is 0 Å². The van der Waals surface area contributed by atoms with Crippen molar-refractivity contribution in [3.8, 4) is 0 Å². The second-order valence-electron chi connectivity index (χ2n) is 8.86. The van der Waals surface area contributed by atoms with E-state index < -0.39 is 28.5 Å². The lowest BCUT2D eigenvalue weighted by atomic mass is 9.71. The highest BCUT2D eigenvalue weighted by molar-refractivity contribution is 7.85. The number of halogens is 3. The van der Waals surface area contributed by atoms with Gasteiger partial charge in [-0.2, -0.15) is 13.2 Å². The summed E-state index contributed by atoms with van der Waals surface area (Å²) < 4.78 is 50.9. The second kappa shape index (κ2) is 9.30. The number of ketones is 2. The summed E-state index contributed by atoms with van der Waals surface area (Å²) >= 11 is 0. The molecule has 0 N–H and O–H groups in total. The largest absolute Gasteiger partial charge is 0.416 e. The molecule has 0 radical (unpaired) electrons. The van der Waals surface area contributed by atoms with Crippen LogP contribution in [0.5, 0.6) is 0 Å². The highest BCUT2D eigenvalue weighted by atomic mass is 32.2. The van der Waals surface area contributed by atoms with E-state index in [0.717, 1.165) is 34.4 Å². The topological polar surface area (TPSA) is 51.2 Å². The first-order valence-electron chi connectivity index (χ1n) is 10.6. The quantitative estimate of drug-likeness (QED) is 0.533. The molecule has 3 nitrogen and oxygen atoms in total. The van der Waals surface area contributed by atoms with E-state index in [-0.39, 0.29) is 42.0 Å². The fraction of sp³-hybridized carbons (Fsp3) is 0.440. The van der Waals surface area contributed by atoms with E-state index in [0.29, 0.717) is 4.90 Å². The molecule has 0 bridgehead atoms. The number of aryl methyl sites for hydroxylation is 3. The van der Waals surface area contributed by atoms with Crippen molar-refractivity contribution < 1.29 is 27.0 Å². The summed E-state index contributed by atoms with van der Waals surface area (Å²) in [6.07, 6.45) is -3.98. The molecule has 2 unspecified atom stereocenters. The average molecular weight is 465 g/mol. The van der Waals surface area contributed by atoms with Crippen LogP contribution in [0.25, 0.3) is 0 Å². The van der Waals surface area contributed by atoms with Crippen LogP contribution in [0.2, 0.25) is 0 Å². The first kappa shape index (κ1) is 24.4. The summed E-state index contributed by atoms with van der Waals surface area (Å²) in [6, 6.07) is 8.24. The Balaban J connectivity index is 1.70. The van der Waals surface area contributed by atoms with E-state index in [1.165, 1.54) is 12.1 Å². The molecule has 172 valence electrons. The van der Waals surface area contributed by atoms with Gasteiger partial charge < -0.3 is 0 Å². The molecule has 0 aromatic heterocycles. The van der Waals surface area contributed by atoms with Crippen molar-refractivity contribution in [3.63, 3.8) is 0 Å². The third kappa shape index (κ3) is 5.20. The van der Waals surface area contributed by atoms with Gasteiger partial charge in [-0.1, -0.05) is 24.6 Å². The normalized spacial score (nSPS) is 21.5. The molecule has 1 saturated carbocycles. The number of Topliss-reactive ketones (excluding diaryl/α,β-unsaturated/α-hetero) is 2. The lowest BCUT2D eigenvalue weighted by Gasteiger charge is -2.31. The van der Waals surface area contributed by atoms with E-state index in [2.05, 4.69) is 0 Å². The average Bonchev–Trinajstić information content (AvgIpc) is 2.68. The maximum atomic E-state index is 13.0. The summed E-state index contributed by atoms with van der Waals surface area (Å²) in [6.45, 7) is 7.65. The molecule has 3 rings (SSSR count). The third-order valence-corrected chi connectivity index (χ3v) is 7.89. The number of alkyl halides is 3. The zero-order valence-corrected chi connectivity index (χ0v) is 19.4. The van der Waals surface area contributed by atoms with Crippen LogP contribution in [0, 0.1) is 32.6 Å². The Kier molecular flexibility index (Phi) is 7.08. The van der Waals surface area contributed by atoms with Gasteiger partial charge in [0.1, 0.15) is 17.5 Å². The van der Waals surface area contributed by atoms with Gasteiger partial charge in [0.15, 0.2) is 0 Å². The van der Waals surface area contributed by atoms with Gasteiger partial charge in [0.25, 0.3) is 0 Å². The lowest BCUT2D eigenvalue weighted by molar-refractivity contribution is -0.138. The lowest BCUT2D eigenvalue weighted by Crippen LogP contribution is -2.36. The number of carbonyl (C=O) groups excluding carboxylic acids is 2. The van der Waals surface area contributed by atoms with Gasteiger partial charge >= 0.3 is 6.18 Å². The van der Waals surface area contributed by atoms with E-state index in [1.54, 1.807) is 0 Å². The molecule has 1 fully saturated rings. The van der Waals surface area contributed by atoms with Crippen molar-refractivity contribution in [1.82, 2.24) is 0 Å². The van der Waals surface area contributed by atoms with Crippen molar-refractivity contribution in [1.29, 1.82) is 0 Å². The van der Waals surface area contributed by atoms with Crippen LogP contribution in [-0.4, -0.2) is 21.5 Å². The summed E-state index contributed by atoms with van der Waals surface area (Å²) in [7, 11) is -1.52. The second-order valence-corrected chi connectivity index (χ2v) is 10.4. The Labute approximate surface area is 188 Å². The predicted molar refractivity (Wildman–Crippen MR) is 118 cm³/mol. The van der Waals surface area contributed by atoms with Crippen molar-refractivity contribution in [2.24, 2.45) is 11.8 Å². The fourth-order valence-electron chi connectivity index (χ4n) is 4.64. The van der Waals surface area contributed by atoms with E-state index in [1.807, 2.05) is 39.8 Å². The predicted octanol–water partition coefficient (Wildman–Crippen LogP) is 5.71. The van der Waals surface area contributed by atoms with E-state index >= 15 is 0 Å². The smallest absolute Gasteiger partial charge is 0.299 e. The van der Waals surface area contributed by atoms with Gasteiger partial charge in [0, 0.05) is 23.5 Å². The number of carbonyl (C=O) groups is 2. The van der Waals surface area contributed by atoms with Crippen molar-refractivity contribution >= 4 is 22.4 Å². The minimum absolute atomic E-state index is 0.117. The molecule has 0 saturated heterocycles. The highest BCUT2D eigenvalue weighted by Crippen LogP contribution is 2.37. The summed E-state index contributed by atoms with van der Waals surface area (Å²) in [5.41, 5.74) is 2.96. The zero-order chi connectivity index (χ0) is 23.8. The van der Waals surface area contributed by atoms with Crippen molar-refractivity contribution in [2.45, 2.75) is 57.5 Å². The Morgan fingerprint density at radius 2 is 1.47 bits per heavy atom. The minimum atomic E-state index is -4.44. The van der Waals surface area contributed by atoms with Gasteiger partial charge in [0.05, 0.1) is 16.4 Å². The maximum Gasteiger partial charge on any atom is 0.416 e. The zero-order valence-electron chi connectivity index (χ0n) is 18.6. The first-order valence-corrected chi connectivity index (χ1v) is 11.9.